The van der Waals surface area contributed by atoms with Gasteiger partial charge in [-0.25, -0.2) is 8.42 Å². The predicted octanol–water partition coefficient (Wildman–Crippen LogP) is -1.28. The van der Waals surface area contributed by atoms with Crippen LogP contribution in [0.2, 0.25) is 0 Å². The molecule has 0 heterocycles. The summed E-state index contributed by atoms with van der Waals surface area (Å²) in [4.78, 5) is 12.6. The monoisotopic (exact) mass is 432 g/mol. The van der Waals surface area contributed by atoms with Crippen LogP contribution in [0.4, 0.5) is 0 Å². The molecule has 7 nitrogen and oxygen atoms in total. The standard InChI is InChI=1S/C19H28O5S.Na.2H2O/c1-18-9-7-13(24-25(21,22)23)11-12(18)3-4-14-15-5-6-17(20)19(15,2)10-8-16(14)18;;;/h3,13-16H,4-11H2,1-2H3,(H,21,22,23);;2*1H2/q;+1;;/p-1/t13-,14-,15-,16-,18-,19-;;;/m0.../s1/i3D,7D2,11D2,13D;;;. The molecule has 0 aromatic heterocycles. The van der Waals surface area contributed by atoms with Gasteiger partial charge in [-0.05, 0) is 68.0 Å². The molecule has 0 spiro atoms. The van der Waals surface area contributed by atoms with Gasteiger partial charge >= 0.3 is 29.6 Å². The zero-order valence-electron chi connectivity index (χ0n) is 22.4. The third kappa shape index (κ3) is 4.17. The third-order valence-electron chi connectivity index (χ3n) is 7.09. The number of fused-ring (bicyclic) bond motifs is 5. The van der Waals surface area contributed by atoms with Crippen LogP contribution in [0.3, 0.4) is 0 Å². The summed E-state index contributed by atoms with van der Waals surface area (Å²) in [5.41, 5.74) is -1.80. The molecule has 6 atom stereocenters. The molecule has 0 unspecified atom stereocenters. The van der Waals surface area contributed by atoms with Crippen LogP contribution in [0, 0.1) is 28.6 Å². The second-order valence-corrected chi connectivity index (χ2v) is 9.25. The number of Topliss-reactive ketones (excluding diaryl/α,β-unsaturated/α-hetero) is 1. The van der Waals surface area contributed by atoms with Crippen LogP contribution in [0.25, 0.3) is 0 Å². The first-order valence-electron chi connectivity index (χ1n) is 11.8. The fourth-order valence-electron chi connectivity index (χ4n) is 5.72. The fourth-order valence-corrected chi connectivity index (χ4v) is 6.03. The quantitative estimate of drug-likeness (QED) is 0.231. The maximum Gasteiger partial charge on any atom is 1.00 e. The summed E-state index contributed by atoms with van der Waals surface area (Å²) in [7, 11) is -5.59. The average Bonchev–Trinajstić information content (AvgIpc) is 2.86. The van der Waals surface area contributed by atoms with Crippen molar-refractivity contribution in [3.05, 3.63) is 11.6 Å². The Morgan fingerprint density at radius 3 is 2.54 bits per heavy atom. The van der Waals surface area contributed by atoms with E-state index in [-0.39, 0.29) is 82.1 Å². The number of hydrogen-bond acceptors (Lipinski definition) is 5. The third-order valence-corrected chi connectivity index (χ3v) is 7.46. The Morgan fingerprint density at radius 2 is 1.89 bits per heavy atom. The SMILES string of the molecule is O.O.[2H]C1=C2C([2H])([2H])[C@@]([2H])(OS(=O)(=O)[O-])C([2H])([2H])C[C@]2(C)[C@H]2CC[C@]3(C)C(=O)CC[C@H]3[C@@H]2C1.[Na+]. The largest absolute Gasteiger partial charge is 1.00 e. The van der Waals surface area contributed by atoms with E-state index in [1.165, 1.54) is 0 Å². The van der Waals surface area contributed by atoms with E-state index in [1.807, 2.05) is 6.92 Å². The molecule has 0 aliphatic heterocycles. The molecule has 4 N–H and O–H groups in total. The number of allylic oxidation sites excluding steroid dienone is 1. The maximum absolute atomic E-state index is 12.6. The Bertz CT molecular complexity index is 992. The zero-order valence-corrected chi connectivity index (χ0v) is 19.2. The Balaban J connectivity index is 0.00000193. The van der Waals surface area contributed by atoms with Gasteiger partial charge in [0.25, 0.3) is 0 Å². The van der Waals surface area contributed by atoms with Crippen LogP contribution in [-0.2, 0) is 19.4 Å². The summed E-state index contributed by atoms with van der Waals surface area (Å²) < 4.78 is 89.2. The minimum atomic E-state index is -5.59. The van der Waals surface area contributed by atoms with Gasteiger partial charge in [0.05, 0.1) is 8.82 Å². The Labute approximate surface area is 198 Å². The average molecular weight is 433 g/mol. The number of carbonyl (C=O) groups is 1. The second kappa shape index (κ2) is 8.75. The molecule has 9 heteroatoms. The smallest absolute Gasteiger partial charge is 0.726 e. The van der Waals surface area contributed by atoms with Crippen LogP contribution in [0.5, 0.6) is 0 Å². The van der Waals surface area contributed by atoms with Crippen LogP contribution >= 0.6 is 0 Å². The van der Waals surface area contributed by atoms with Gasteiger partial charge in [-0.15, -0.1) is 0 Å². The zero-order chi connectivity index (χ0) is 23.4. The van der Waals surface area contributed by atoms with Gasteiger partial charge in [0.2, 0.25) is 10.4 Å². The van der Waals surface area contributed by atoms with Crippen LogP contribution in [0.15, 0.2) is 11.6 Å². The van der Waals surface area contributed by atoms with E-state index in [2.05, 4.69) is 4.18 Å². The van der Waals surface area contributed by atoms with Gasteiger partial charge in [0, 0.05) is 17.3 Å². The van der Waals surface area contributed by atoms with Crippen molar-refractivity contribution in [1.82, 2.24) is 0 Å². The molecule has 0 radical (unpaired) electrons. The molecule has 4 rings (SSSR count). The van der Waals surface area contributed by atoms with Crippen molar-refractivity contribution in [2.24, 2.45) is 28.6 Å². The van der Waals surface area contributed by atoms with Gasteiger partial charge < -0.3 is 15.5 Å². The molecule has 3 fully saturated rings. The van der Waals surface area contributed by atoms with E-state index in [1.54, 1.807) is 6.92 Å². The second-order valence-electron chi connectivity index (χ2n) is 8.27. The van der Waals surface area contributed by atoms with Gasteiger partial charge in [-0.1, -0.05) is 25.5 Å². The fraction of sp³-hybridized carbons (Fsp3) is 0.842. The van der Waals surface area contributed by atoms with Crippen LogP contribution < -0.4 is 29.6 Å². The Kier molecular flexibility index (Phi) is 5.57. The first-order valence-corrected chi connectivity index (χ1v) is 10.1. The molecule has 0 amide bonds. The van der Waals surface area contributed by atoms with Crippen LogP contribution in [0.1, 0.15) is 73.3 Å². The molecule has 3 saturated carbocycles. The van der Waals surface area contributed by atoms with E-state index in [4.69, 9.17) is 8.22 Å². The molecule has 0 saturated heterocycles. The molecule has 28 heavy (non-hydrogen) atoms. The van der Waals surface area contributed by atoms with Gasteiger partial charge in [-0.3, -0.25) is 8.98 Å². The Hall–Kier alpha value is 0.200. The molecule has 0 bridgehead atoms. The normalized spacial score (nSPS) is 51.5. The molecular formula is C19H31NaO7S. The van der Waals surface area contributed by atoms with Crippen molar-refractivity contribution >= 4 is 16.2 Å². The molecular weight excluding hydrogens is 395 g/mol. The first kappa shape index (κ1) is 17.8. The summed E-state index contributed by atoms with van der Waals surface area (Å²) in [6, 6.07) is -0.114. The minimum Gasteiger partial charge on any atom is -0.726 e. The molecule has 0 aromatic carbocycles. The number of carbonyl (C=O) groups excluding carboxylic acids is 1. The van der Waals surface area contributed by atoms with Crippen molar-refractivity contribution < 1.29 is 70.7 Å². The van der Waals surface area contributed by atoms with Crippen molar-refractivity contribution in [3.8, 4) is 0 Å². The minimum absolute atomic E-state index is 0. The molecule has 4 aliphatic rings. The van der Waals surface area contributed by atoms with E-state index in [9.17, 15) is 17.8 Å². The van der Waals surface area contributed by atoms with E-state index < -0.39 is 46.5 Å². The number of hydrogen-bond donors (Lipinski definition) is 0. The summed E-state index contributed by atoms with van der Waals surface area (Å²) in [6.45, 7) is 3.63. The molecule has 0 aromatic rings. The van der Waals surface area contributed by atoms with Crippen molar-refractivity contribution in [2.75, 3.05) is 0 Å². The molecule has 4 aliphatic carbocycles. The summed E-state index contributed by atoms with van der Waals surface area (Å²) >= 11 is 0. The topological polar surface area (TPSA) is 146 Å². The maximum atomic E-state index is 12.6. The summed E-state index contributed by atoms with van der Waals surface area (Å²) in [5.74, 6) is -0.0920. The summed E-state index contributed by atoms with van der Waals surface area (Å²) in [5, 5.41) is 0. The van der Waals surface area contributed by atoms with Gasteiger partial charge in [-0.2, -0.15) is 0 Å². The van der Waals surface area contributed by atoms with Crippen LogP contribution in [-0.4, -0.2) is 35.8 Å². The summed E-state index contributed by atoms with van der Waals surface area (Å²) in [6.07, 6.45) is -7.16. The van der Waals surface area contributed by atoms with E-state index in [0.29, 0.717) is 25.7 Å². The van der Waals surface area contributed by atoms with E-state index in [0.717, 1.165) is 0 Å². The predicted molar refractivity (Wildman–Crippen MR) is 98.5 cm³/mol. The number of rotatable bonds is 2. The van der Waals surface area contributed by atoms with Crippen molar-refractivity contribution in [2.45, 2.75) is 71.2 Å². The first-order chi connectivity index (χ1) is 13.9. The van der Waals surface area contributed by atoms with Crippen molar-refractivity contribution in [3.63, 3.8) is 0 Å². The molecule has 156 valence electrons. The number of ketones is 1. The van der Waals surface area contributed by atoms with Gasteiger partial charge in [0.15, 0.2) is 0 Å². The van der Waals surface area contributed by atoms with Crippen molar-refractivity contribution in [1.29, 1.82) is 0 Å². The van der Waals surface area contributed by atoms with E-state index >= 15 is 0 Å². The Morgan fingerprint density at radius 1 is 1.25 bits per heavy atom. The van der Waals surface area contributed by atoms with Gasteiger partial charge in [0.1, 0.15) is 5.78 Å².